The van der Waals surface area contributed by atoms with Crippen molar-refractivity contribution in [3.63, 3.8) is 0 Å². The molecular weight excluding hydrogens is 190 g/mol. The van der Waals surface area contributed by atoms with E-state index < -0.39 is 0 Å². The van der Waals surface area contributed by atoms with Gasteiger partial charge in [0.15, 0.2) is 0 Å². The molecule has 0 aliphatic rings. The summed E-state index contributed by atoms with van der Waals surface area (Å²) < 4.78 is 5.03. The number of esters is 1. The van der Waals surface area contributed by atoms with Crippen LogP contribution >= 0.6 is 0 Å². The average Bonchev–Trinajstić information content (AvgIpc) is 2.25. The molecule has 0 saturated carbocycles. The zero-order valence-corrected chi connectivity index (χ0v) is 10.2. The first kappa shape index (κ1) is 14.2. The molecule has 0 aliphatic carbocycles. The highest BCUT2D eigenvalue weighted by Gasteiger charge is 2.13. The van der Waals surface area contributed by atoms with Crippen molar-refractivity contribution in [3.05, 3.63) is 12.7 Å². The van der Waals surface area contributed by atoms with Crippen molar-refractivity contribution in [1.29, 1.82) is 0 Å². The smallest absolute Gasteiger partial charge is 0.330 e. The summed E-state index contributed by atoms with van der Waals surface area (Å²) in [4.78, 5) is 13.2. The lowest BCUT2D eigenvalue weighted by Gasteiger charge is -2.27. The summed E-state index contributed by atoms with van der Waals surface area (Å²) in [6, 6.07) is 0.286. The van der Waals surface area contributed by atoms with Crippen LogP contribution in [0.25, 0.3) is 0 Å². The lowest BCUT2D eigenvalue weighted by molar-refractivity contribution is -0.139. The maximum absolute atomic E-state index is 10.9. The lowest BCUT2D eigenvalue weighted by atomic mass is 10.2. The Morgan fingerprint density at radius 2 is 1.93 bits per heavy atom. The predicted octanol–water partition coefficient (Wildman–Crippen LogP) is 2.23. The van der Waals surface area contributed by atoms with Crippen LogP contribution in [0.2, 0.25) is 0 Å². The fourth-order valence-electron chi connectivity index (χ4n) is 1.49. The van der Waals surface area contributed by atoms with Gasteiger partial charge in [-0.15, -0.1) is 0 Å². The number of carbonyl (C=O) groups is 1. The molecule has 0 rings (SSSR count). The molecule has 0 fully saturated rings. The Hall–Kier alpha value is -0.830. The average molecular weight is 213 g/mol. The SMILES string of the molecule is C=CC(=O)OCC(C)N(CCC)CCC. The topological polar surface area (TPSA) is 29.5 Å². The highest BCUT2D eigenvalue weighted by molar-refractivity contribution is 5.81. The summed E-state index contributed by atoms with van der Waals surface area (Å²) in [5, 5.41) is 0. The van der Waals surface area contributed by atoms with Gasteiger partial charge in [0.25, 0.3) is 0 Å². The zero-order chi connectivity index (χ0) is 11.7. The van der Waals surface area contributed by atoms with Crippen LogP contribution in [0.4, 0.5) is 0 Å². The molecule has 0 spiro atoms. The molecule has 0 radical (unpaired) electrons. The first-order chi connectivity index (χ1) is 7.15. The number of ether oxygens (including phenoxy) is 1. The van der Waals surface area contributed by atoms with Crippen molar-refractivity contribution < 1.29 is 9.53 Å². The minimum atomic E-state index is -0.338. The van der Waals surface area contributed by atoms with E-state index in [0.29, 0.717) is 6.61 Å². The van der Waals surface area contributed by atoms with Crippen LogP contribution in [0.3, 0.4) is 0 Å². The van der Waals surface area contributed by atoms with Crippen LogP contribution in [0.1, 0.15) is 33.6 Å². The minimum absolute atomic E-state index is 0.286. The maximum atomic E-state index is 10.9. The standard InChI is InChI=1S/C12H23NO2/c1-5-8-13(9-6-2)11(4)10-15-12(14)7-3/h7,11H,3,5-6,8-10H2,1-2,4H3. The van der Waals surface area contributed by atoms with Gasteiger partial charge in [-0.05, 0) is 32.9 Å². The van der Waals surface area contributed by atoms with Crippen molar-refractivity contribution in [3.8, 4) is 0 Å². The van der Waals surface area contributed by atoms with E-state index in [4.69, 9.17) is 4.74 Å². The largest absolute Gasteiger partial charge is 0.461 e. The molecule has 88 valence electrons. The van der Waals surface area contributed by atoms with Gasteiger partial charge in [0.2, 0.25) is 0 Å². The molecule has 0 aliphatic heterocycles. The molecule has 3 nitrogen and oxygen atoms in total. The monoisotopic (exact) mass is 213 g/mol. The molecule has 0 N–H and O–H groups in total. The molecular formula is C12H23NO2. The van der Waals surface area contributed by atoms with Crippen molar-refractivity contribution in [2.75, 3.05) is 19.7 Å². The lowest BCUT2D eigenvalue weighted by Crippen LogP contribution is -2.38. The maximum Gasteiger partial charge on any atom is 0.330 e. The molecule has 0 bridgehead atoms. The molecule has 3 heteroatoms. The van der Waals surface area contributed by atoms with E-state index in [1.807, 2.05) is 0 Å². The summed E-state index contributed by atoms with van der Waals surface area (Å²) >= 11 is 0. The molecule has 1 atom stereocenters. The van der Waals surface area contributed by atoms with Crippen LogP contribution in [0.15, 0.2) is 12.7 Å². The van der Waals surface area contributed by atoms with E-state index in [1.165, 1.54) is 6.08 Å². The van der Waals surface area contributed by atoms with E-state index in [0.717, 1.165) is 25.9 Å². The summed E-state index contributed by atoms with van der Waals surface area (Å²) in [5.74, 6) is -0.338. The van der Waals surface area contributed by atoms with Crippen molar-refractivity contribution in [2.24, 2.45) is 0 Å². The van der Waals surface area contributed by atoms with E-state index in [9.17, 15) is 4.79 Å². The molecule has 0 aromatic heterocycles. The minimum Gasteiger partial charge on any atom is -0.461 e. The van der Waals surface area contributed by atoms with E-state index in [2.05, 4.69) is 32.3 Å². The molecule has 1 unspecified atom stereocenters. The van der Waals surface area contributed by atoms with Gasteiger partial charge in [0.05, 0.1) is 0 Å². The molecule has 0 aromatic carbocycles. The van der Waals surface area contributed by atoms with Crippen LogP contribution in [0.5, 0.6) is 0 Å². The third-order valence-corrected chi connectivity index (χ3v) is 2.28. The highest BCUT2D eigenvalue weighted by atomic mass is 16.5. The van der Waals surface area contributed by atoms with Gasteiger partial charge in [0, 0.05) is 12.1 Å². The van der Waals surface area contributed by atoms with Crippen molar-refractivity contribution in [2.45, 2.75) is 39.7 Å². The summed E-state index contributed by atoms with van der Waals surface area (Å²) in [6.07, 6.45) is 3.45. The second-order valence-electron chi connectivity index (χ2n) is 3.72. The van der Waals surface area contributed by atoms with Gasteiger partial charge < -0.3 is 4.74 Å². The Balaban J connectivity index is 3.94. The normalized spacial score (nSPS) is 12.5. The molecule has 15 heavy (non-hydrogen) atoms. The molecule has 0 amide bonds. The quantitative estimate of drug-likeness (QED) is 0.457. The van der Waals surface area contributed by atoms with Crippen LogP contribution in [0, 0.1) is 0 Å². The van der Waals surface area contributed by atoms with Crippen LogP contribution in [-0.2, 0) is 9.53 Å². The van der Waals surface area contributed by atoms with E-state index in [-0.39, 0.29) is 12.0 Å². The third-order valence-electron chi connectivity index (χ3n) is 2.28. The Morgan fingerprint density at radius 1 is 1.40 bits per heavy atom. The first-order valence-electron chi connectivity index (χ1n) is 5.68. The fraction of sp³-hybridized carbons (Fsp3) is 0.750. The fourth-order valence-corrected chi connectivity index (χ4v) is 1.49. The van der Waals surface area contributed by atoms with Crippen molar-refractivity contribution >= 4 is 5.97 Å². The highest BCUT2D eigenvalue weighted by Crippen LogP contribution is 2.03. The van der Waals surface area contributed by atoms with Gasteiger partial charge in [-0.2, -0.15) is 0 Å². The second kappa shape index (κ2) is 8.48. The van der Waals surface area contributed by atoms with E-state index >= 15 is 0 Å². The van der Waals surface area contributed by atoms with Gasteiger partial charge in [0.1, 0.15) is 6.61 Å². The Bertz CT molecular complexity index is 186. The second-order valence-corrected chi connectivity index (χ2v) is 3.72. The summed E-state index contributed by atoms with van der Waals surface area (Å²) in [5.41, 5.74) is 0. The van der Waals surface area contributed by atoms with Crippen LogP contribution < -0.4 is 0 Å². The van der Waals surface area contributed by atoms with Gasteiger partial charge in [-0.3, -0.25) is 4.90 Å². The molecule has 0 aromatic rings. The third kappa shape index (κ3) is 6.28. The Morgan fingerprint density at radius 3 is 2.33 bits per heavy atom. The molecule has 0 heterocycles. The first-order valence-corrected chi connectivity index (χ1v) is 5.68. The van der Waals surface area contributed by atoms with Gasteiger partial charge >= 0.3 is 5.97 Å². The Labute approximate surface area is 93.1 Å². The number of nitrogens with zero attached hydrogens (tertiary/aromatic N) is 1. The summed E-state index contributed by atoms with van der Waals surface area (Å²) in [6.45, 7) is 12.3. The number of hydrogen-bond donors (Lipinski definition) is 0. The van der Waals surface area contributed by atoms with Gasteiger partial charge in [-0.1, -0.05) is 20.4 Å². The summed E-state index contributed by atoms with van der Waals surface area (Å²) in [7, 11) is 0. The zero-order valence-electron chi connectivity index (χ0n) is 10.2. The number of rotatable bonds is 8. The van der Waals surface area contributed by atoms with Gasteiger partial charge in [-0.25, -0.2) is 4.79 Å². The van der Waals surface area contributed by atoms with Crippen molar-refractivity contribution in [1.82, 2.24) is 4.90 Å². The molecule has 0 saturated heterocycles. The Kier molecular flexibility index (Phi) is 8.01. The number of carbonyl (C=O) groups excluding carboxylic acids is 1. The van der Waals surface area contributed by atoms with Crippen LogP contribution in [-0.4, -0.2) is 36.6 Å². The predicted molar refractivity (Wildman–Crippen MR) is 62.8 cm³/mol. The number of hydrogen-bond acceptors (Lipinski definition) is 3. The van der Waals surface area contributed by atoms with E-state index in [1.54, 1.807) is 0 Å².